The molecule has 0 spiro atoms. The molecule has 2 heterocycles. The number of quaternary nitrogens is 1. The van der Waals surface area contributed by atoms with Crippen LogP contribution in [0.4, 0.5) is 5.69 Å². The molecule has 1 N–H and O–H groups in total. The number of ether oxygens (including phenoxy) is 3. The molecule has 3 aromatic rings. The van der Waals surface area contributed by atoms with Gasteiger partial charge in [0.1, 0.15) is 23.0 Å². The maximum absolute atomic E-state index is 5.57. The van der Waals surface area contributed by atoms with Crippen LogP contribution >= 0.6 is 11.3 Å². The molecule has 1 aliphatic rings. The number of hydrogen-bond donors (Lipinski definition) is 1. The predicted molar refractivity (Wildman–Crippen MR) is 120 cm³/mol. The van der Waals surface area contributed by atoms with E-state index in [1.54, 1.807) is 37.6 Å². The summed E-state index contributed by atoms with van der Waals surface area (Å²) in [4.78, 5) is 8.89. The van der Waals surface area contributed by atoms with Gasteiger partial charge in [-0.2, -0.15) is 0 Å². The maximum atomic E-state index is 5.57. The molecule has 158 valence electrons. The second-order valence-electron chi connectivity index (χ2n) is 7.30. The highest BCUT2D eigenvalue weighted by atomic mass is 32.1. The van der Waals surface area contributed by atoms with E-state index in [0.29, 0.717) is 0 Å². The van der Waals surface area contributed by atoms with Crippen molar-refractivity contribution in [1.82, 2.24) is 4.98 Å². The second-order valence-corrected chi connectivity index (χ2v) is 8.16. The fraction of sp³-hybridized carbons (Fsp3) is 0.348. The zero-order chi connectivity index (χ0) is 20.9. The molecule has 4 rings (SSSR count). The van der Waals surface area contributed by atoms with E-state index in [1.165, 1.54) is 5.69 Å². The van der Waals surface area contributed by atoms with Gasteiger partial charge < -0.3 is 24.0 Å². The minimum Gasteiger partial charge on any atom is -0.497 e. The maximum Gasteiger partial charge on any atom is 0.170 e. The number of nitrogens with one attached hydrogen (secondary N) is 1. The van der Waals surface area contributed by atoms with Crippen LogP contribution in [0.2, 0.25) is 0 Å². The number of piperazine rings is 1. The zero-order valence-corrected chi connectivity index (χ0v) is 18.5. The third kappa shape index (κ3) is 4.37. The predicted octanol–water partition coefficient (Wildman–Crippen LogP) is 2.74. The number of para-hydroxylation sites is 1. The molecule has 0 radical (unpaired) electrons. The summed E-state index contributed by atoms with van der Waals surface area (Å²) in [7, 11) is 5.03. The SMILES string of the molecule is COc1ccc(N2CC[NH+](Cc3csc(-c4cccc(OC)c4OC)n3)CC2)cc1. The van der Waals surface area contributed by atoms with Gasteiger partial charge in [-0.15, -0.1) is 11.3 Å². The molecule has 0 unspecified atom stereocenters. The molecular weight excluding hydrogens is 398 g/mol. The minimum absolute atomic E-state index is 0.729. The van der Waals surface area contributed by atoms with Crippen molar-refractivity contribution in [2.45, 2.75) is 6.54 Å². The molecule has 1 fully saturated rings. The Labute approximate surface area is 181 Å². The summed E-state index contributed by atoms with van der Waals surface area (Å²) in [6, 6.07) is 14.2. The van der Waals surface area contributed by atoms with E-state index in [9.17, 15) is 0 Å². The van der Waals surface area contributed by atoms with Crippen molar-refractivity contribution in [1.29, 1.82) is 0 Å². The van der Waals surface area contributed by atoms with Gasteiger partial charge in [-0.25, -0.2) is 4.98 Å². The van der Waals surface area contributed by atoms with Crippen LogP contribution in [-0.2, 0) is 6.54 Å². The van der Waals surface area contributed by atoms with E-state index >= 15 is 0 Å². The van der Waals surface area contributed by atoms with Gasteiger partial charge in [0.2, 0.25) is 0 Å². The number of thiazole rings is 1. The summed E-state index contributed by atoms with van der Waals surface area (Å²) in [5.74, 6) is 2.36. The van der Waals surface area contributed by atoms with Crippen LogP contribution in [0, 0.1) is 0 Å². The molecule has 7 heteroatoms. The standard InChI is InChI=1S/C23H27N3O3S/c1-27-19-9-7-18(8-10-19)26-13-11-25(12-14-26)15-17-16-30-23(24-17)20-5-4-6-21(28-2)22(20)29-3/h4-10,16H,11-15H2,1-3H3/p+1. The summed E-state index contributed by atoms with van der Waals surface area (Å²) in [6.07, 6.45) is 0. The average Bonchev–Trinajstić information content (AvgIpc) is 3.27. The molecule has 30 heavy (non-hydrogen) atoms. The number of aromatic nitrogens is 1. The monoisotopic (exact) mass is 426 g/mol. The Morgan fingerprint density at radius 1 is 0.967 bits per heavy atom. The van der Waals surface area contributed by atoms with Gasteiger partial charge in [-0.05, 0) is 36.4 Å². The van der Waals surface area contributed by atoms with E-state index in [4.69, 9.17) is 19.2 Å². The first kappa shape index (κ1) is 20.5. The fourth-order valence-corrected chi connectivity index (χ4v) is 4.72. The molecule has 0 aliphatic carbocycles. The van der Waals surface area contributed by atoms with Gasteiger partial charge in [-0.3, -0.25) is 0 Å². The first-order valence-electron chi connectivity index (χ1n) is 10.1. The Morgan fingerprint density at radius 2 is 1.73 bits per heavy atom. The Bertz CT molecular complexity index is 966. The zero-order valence-electron chi connectivity index (χ0n) is 17.7. The number of methoxy groups -OCH3 is 3. The van der Waals surface area contributed by atoms with Crippen molar-refractivity contribution in [3.8, 4) is 27.8 Å². The molecule has 0 bridgehead atoms. The molecule has 0 saturated carbocycles. The highest BCUT2D eigenvalue weighted by molar-refractivity contribution is 7.13. The molecule has 1 aromatic heterocycles. The minimum atomic E-state index is 0.729. The van der Waals surface area contributed by atoms with Crippen molar-refractivity contribution in [2.75, 3.05) is 52.4 Å². The third-order valence-electron chi connectivity index (χ3n) is 5.52. The van der Waals surface area contributed by atoms with Gasteiger partial charge in [0.15, 0.2) is 11.5 Å². The van der Waals surface area contributed by atoms with Gasteiger partial charge in [0.25, 0.3) is 0 Å². The summed E-state index contributed by atoms with van der Waals surface area (Å²) < 4.78 is 16.3. The quantitative estimate of drug-likeness (QED) is 0.630. The van der Waals surface area contributed by atoms with Crippen molar-refractivity contribution in [3.63, 3.8) is 0 Å². The topological polar surface area (TPSA) is 48.3 Å². The Morgan fingerprint density at radius 3 is 2.40 bits per heavy atom. The highest BCUT2D eigenvalue weighted by Crippen LogP contribution is 2.38. The highest BCUT2D eigenvalue weighted by Gasteiger charge is 2.22. The number of benzene rings is 2. The molecule has 1 saturated heterocycles. The summed E-state index contributed by atoms with van der Waals surface area (Å²) in [6.45, 7) is 5.23. The largest absolute Gasteiger partial charge is 0.497 e. The number of nitrogens with zero attached hydrogens (tertiary/aromatic N) is 2. The first-order valence-corrected chi connectivity index (χ1v) is 11.0. The van der Waals surface area contributed by atoms with Crippen LogP contribution < -0.4 is 24.0 Å². The van der Waals surface area contributed by atoms with E-state index in [2.05, 4.69) is 22.4 Å². The van der Waals surface area contributed by atoms with Crippen molar-refractivity contribution in [3.05, 3.63) is 53.5 Å². The lowest BCUT2D eigenvalue weighted by Gasteiger charge is -2.33. The van der Waals surface area contributed by atoms with Gasteiger partial charge in [-0.1, -0.05) is 6.07 Å². The van der Waals surface area contributed by atoms with Gasteiger partial charge >= 0.3 is 0 Å². The molecule has 0 amide bonds. The smallest absolute Gasteiger partial charge is 0.170 e. The van der Waals surface area contributed by atoms with Crippen LogP contribution in [0.3, 0.4) is 0 Å². The van der Waals surface area contributed by atoms with Crippen molar-refractivity contribution >= 4 is 17.0 Å². The summed E-state index contributed by atoms with van der Waals surface area (Å²) in [5.41, 5.74) is 3.37. The Hall–Kier alpha value is -2.77. The van der Waals surface area contributed by atoms with E-state index in [-0.39, 0.29) is 0 Å². The fourth-order valence-electron chi connectivity index (χ4n) is 3.87. The molecule has 2 aromatic carbocycles. The molecule has 1 aliphatic heterocycles. The van der Waals surface area contributed by atoms with Crippen LogP contribution in [0.15, 0.2) is 47.8 Å². The molecular formula is C23H28N3O3S+. The normalized spacial score (nSPS) is 14.6. The van der Waals surface area contributed by atoms with Gasteiger partial charge in [0.05, 0.1) is 53.1 Å². The van der Waals surface area contributed by atoms with Crippen LogP contribution in [0.5, 0.6) is 17.2 Å². The van der Waals surface area contributed by atoms with Crippen LogP contribution in [-0.4, -0.2) is 52.5 Å². The number of anilines is 1. The van der Waals surface area contributed by atoms with Crippen LogP contribution in [0.1, 0.15) is 5.69 Å². The summed E-state index contributed by atoms with van der Waals surface area (Å²) in [5, 5.41) is 3.13. The Kier molecular flexibility index (Phi) is 6.40. The van der Waals surface area contributed by atoms with Crippen LogP contribution in [0.25, 0.3) is 10.6 Å². The number of hydrogen-bond acceptors (Lipinski definition) is 6. The molecule has 0 atom stereocenters. The Balaban J connectivity index is 1.38. The van der Waals surface area contributed by atoms with E-state index in [1.807, 2.05) is 30.3 Å². The third-order valence-corrected chi connectivity index (χ3v) is 6.45. The lowest BCUT2D eigenvalue weighted by Crippen LogP contribution is -3.13. The van der Waals surface area contributed by atoms with E-state index in [0.717, 1.165) is 66.2 Å². The second kappa shape index (κ2) is 9.36. The first-order chi connectivity index (χ1) is 14.7. The number of rotatable bonds is 7. The molecule has 6 nitrogen and oxygen atoms in total. The van der Waals surface area contributed by atoms with Gasteiger partial charge in [0, 0.05) is 11.1 Å². The summed E-state index contributed by atoms with van der Waals surface area (Å²) >= 11 is 1.66. The lowest BCUT2D eigenvalue weighted by molar-refractivity contribution is -0.914. The average molecular weight is 427 g/mol. The van der Waals surface area contributed by atoms with Crippen molar-refractivity contribution < 1.29 is 19.1 Å². The van der Waals surface area contributed by atoms with E-state index < -0.39 is 0 Å². The van der Waals surface area contributed by atoms with Crippen molar-refractivity contribution in [2.24, 2.45) is 0 Å². The lowest BCUT2D eigenvalue weighted by atomic mass is 10.2.